The van der Waals surface area contributed by atoms with E-state index in [0.29, 0.717) is 0 Å². The van der Waals surface area contributed by atoms with Crippen LogP contribution < -0.4 is 0 Å². The molecule has 0 unspecified atom stereocenters. The van der Waals surface area contributed by atoms with Crippen LogP contribution in [0.4, 0.5) is 0 Å². The van der Waals surface area contributed by atoms with Crippen LogP contribution in [0.2, 0.25) is 0 Å². The van der Waals surface area contributed by atoms with Gasteiger partial charge in [-0.05, 0) is 30.5 Å². The Morgan fingerprint density at radius 1 is 1.12 bits per heavy atom. The van der Waals surface area contributed by atoms with Crippen molar-refractivity contribution >= 4 is 10.1 Å². The molecule has 0 fully saturated rings. The molecule has 0 radical (unpaired) electrons. The zero-order valence-electron chi connectivity index (χ0n) is 9.77. The topological polar surface area (TPSA) is 43.4 Å². The van der Waals surface area contributed by atoms with Gasteiger partial charge in [0.25, 0.3) is 10.1 Å². The van der Waals surface area contributed by atoms with Crippen molar-refractivity contribution in [3.63, 3.8) is 0 Å². The first-order valence-corrected chi connectivity index (χ1v) is 6.90. The molecule has 0 spiro atoms. The van der Waals surface area contributed by atoms with Crippen LogP contribution in [0.25, 0.3) is 0 Å². The molecular weight excluding hydrogens is 224 g/mol. The molecule has 0 atom stereocenters. The SMILES string of the molecule is CCCCCc1ccc(S(=O)(=O)OC)cc1. The van der Waals surface area contributed by atoms with Crippen LogP contribution in [0, 0.1) is 0 Å². The van der Waals surface area contributed by atoms with Gasteiger partial charge in [-0.25, -0.2) is 0 Å². The van der Waals surface area contributed by atoms with Crippen LogP contribution in [-0.2, 0) is 20.7 Å². The molecular formula is C12H18O3S. The van der Waals surface area contributed by atoms with E-state index in [9.17, 15) is 8.42 Å². The Labute approximate surface area is 97.6 Å². The summed E-state index contributed by atoms with van der Waals surface area (Å²) in [6.07, 6.45) is 4.54. The first-order chi connectivity index (χ1) is 7.60. The Morgan fingerprint density at radius 2 is 1.75 bits per heavy atom. The van der Waals surface area contributed by atoms with E-state index in [2.05, 4.69) is 11.1 Å². The number of aryl methyl sites for hydroxylation is 1. The Kier molecular flexibility index (Phi) is 4.96. The van der Waals surface area contributed by atoms with Gasteiger partial charge in [0.15, 0.2) is 0 Å². The molecule has 0 saturated heterocycles. The maximum atomic E-state index is 11.4. The van der Waals surface area contributed by atoms with E-state index in [1.807, 2.05) is 12.1 Å². The predicted molar refractivity (Wildman–Crippen MR) is 63.9 cm³/mol. The normalized spacial score (nSPS) is 11.6. The van der Waals surface area contributed by atoms with Crippen molar-refractivity contribution in [2.45, 2.75) is 37.5 Å². The molecule has 90 valence electrons. The number of hydrogen-bond donors (Lipinski definition) is 0. The van der Waals surface area contributed by atoms with Crippen molar-refractivity contribution in [3.8, 4) is 0 Å². The van der Waals surface area contributed by atoms with Gasteiger partial charge in [-0.15, -0.1) is 0 Å². The molecule has 0 bridgehead atoms. The lowest BCUT2D eigenvalue weighted by Gasteiger charge is -2.03. The Bertz CT molecular complexity index is 406. The summed E-state index contributed by atoms with van der Waals surface area (Å²) in [4.78, 5) is 0.217. The standard InChI is InChI=1S/C12H18O3S/c1-3-4-5-6-11-7-9-12(10-8-11)16(13,14)15-2/h7-10H,3-6H2,1-2H3. The lowest BCUT2D eigenvalue weighted by molar-refractivity contribution is 0.398. The van der Waals surface area contributed by atoms with Gasteiger partial charge in [0.2, 0.25) is 0 Å². The van der Waals surface area contributed by atoms with Crippen LogP contribution >= 0.6 is 0 Å². The van der Waals surface area contributed by atoms with Crippen molar-refractivity contribution < 1.29 is 12.6 Å². The Balaban J connectivity index is 2.68. The van der Waals surface area contributed by atoms with E-state index in [4.69, 9.17) is 0 Å². The first kappa shape index (κ1) is 13.2. The van der Waals surface area contributed by atoms with Crippen LogP contribution in [0.15, 0.2) is 29.2 Å². The number of rotatable bonds is 6. The van der Waals surface area contributed by atoms with Gasteiger partial charge in [0.05, 0.1) is 12.0 Å². The van der Waals surface area contributed by atoms with Crippen LogP contribution in [-0.4, -0.2) is 15.5 Å². The molecule has 0 aliphatic heterocycles. The fourth-order valence-corrected chi connectivity index (χ4v) is 2.16. The molecule has 0 N–H and O–H groups in total. The highest BCUT2D eigenvalue weighted by molar-refractivity contribution is 7.86. The molecule has 0 aliphatic rings. The molecule has 0 aromatic heterocycles. The van der Waals surface area contributed by atoms with Gasteiger partial charge >= 0.3 is 0 Å². The molecule has 0 heterocycles. The van der Waals surface area contributed by atoms with E-state index in [1.165, 1.54) is 25.5 Å². The number of benzene rings is 1. The molecule has 0 aliphatic carbocycles. The van der Waals surface area contributed by atoms with Crippen LogP contribution in [0.1, 0.15) is 31.7 Å². The maximum absolute atomic E-state index is 11.4. The monoisotopic (exact) mass is 242 g/mol. The van der Waals surface area contributed by atoms with E-state index in [0.717, 1.165) is 12.8 Å². The molecule has 0 saturated carbocycles. The third kappa shape index (κ3) is 3.61. The zero-order chi connectivity index (χ0) is 12.0. The molecule has 4 heteroatoms. The maximum Gasteiger partial charge on any atom is 0.296 e. The van der Waals surface area contributed by atoms with Crippen LogP contribution in [0.3, 0.4) is 0 Å². The number of hydrogen-bond acceptors (Lipinski definition) is 3. The van der Waals surface area contributed by atoms with Crippen molar-refractivity contribution in [1.29, 1.82) is 0 Å². The van der Waals surface area contributed by atoms with E-state index >= 15 is 0 Å². The lowest BCUT2D eigenvalue weighted by atomic mass is 10.1. The highest BCUT2D eigenvalue weighted by Crippen LogP contribution is 2.14. The van der Waals surface area contributed by atoms with Crippen molar-refractivity contribution in [2.24, 2.45) is 0 Å². The van der Waals surface area contributed by atoms with Gasteiger partial charge in [-0.2, -0.15) is 8.42 Å². The minimum absolute atomic E-state index is 0.217. The summed E-state index contributed by atoms with van der Waals surface area (Å²) in [6.45, 7) is 2.16. The minimum atomic E-state index is -3.54. The lowest BCUT2D eigenvalue weighted by Crippen LogP contribution is -2.02. The van der Waals surface area contributed by atoms with E-state index < -0.39 is 10.1 Å². The van der Waals surface area contributed by atoms with E-state index in [-0.39, 0.29) is 4.90 Å². The summed E-state index contributed by atoms with van der Waals surface area (Å²) >= 11 is 0. The summed E-state index contributed by atoms with van der Waals surface area (Å²) in [5.74, 6) is 0. The Morgan fingerprint density at radius 3 is 2.25 bits per heavy atom. The van der Waals surface area contributed by atoms with Crippen LogP contribution in [0.5, 0.6) is 0 Å². The van der Waals surface area contributed by atoms with Gasteiger partial charge in [0, 0.05) is 0 Å². The average Bonchev–Trinajstić information content (AvgIpc) is 2.30. The third-order valence-corrected chi connectivity index (χ3v) is 3.79. The van der Waals surface area contributed by atoms with Gasteiger partial charge < -0.3 is 0 Å². The van der Waals surface area contributed by atoms with Crippen molar-refractivity contribution in [3.05, 3.63) is 29.8 Å². The number of unbranched alkanes of at least 4 members (excludes halogenated alkanes) is 2. The largest absolute Gasteiger partial charge is 0.296 e. The summed E-state index contributed by atoms with van der Waals surface area (Å²) in [7, 11) is -2.37. The third-order valence-electron chi connectivity index (χ3n) is 2.50. The quantitative estimate of drug-likeness (QED) is 0.569. The molecule has 1 rings (SSSR count). The molecule has 0 amide bonds. The zero-order valence-corrected chi connectivity index (χ0v) is 10.6. The summed E-state index contributed by atoms with van der Waals surface area (Å²) < 4.78 is 27.1. The van der Waals surface area contributed by atoms with Gasteiger partial charge in [-0.3, -0.25) is 4.18 Å². The summed E-state index contributed by atoms with van der Waals surface area (Å²) in [5.41, 5.74) is 1.17. The minimum Gasteiger partial charge on any atom is -0.270 e. The fourth-order valence-electron chi connectivity index (χ4n) is 1.50. The highest BCUT2D eigenvalue weighted by atomic mass is 32.2. The highest BCUT2D eigenvalue weighted by Gasteiger charge is 2.11. The fraction of sp³-hybridized carbons (Fsp3) is 0.500. The second-order valence-corrected chi connectivity index (χ2v) is 5.43. The molecule has 1 aromatic carbocycles. The smallest absolute Gasteiger partial charge is 0.270 e. The molecule has 16 heavy (non-hydrogen) atoms. The van der Waals surface area contributed by atoms with Crippen molar-refractivity contribution in [2.75, 3.05) is 7.11 Å². The van der Waals surface area contributed by atoms with E-state index in [1.54, 1.807) is 12.1 Å². The second kappa shape index (κ2) is 6.01. The van der Waals surface area contributed by atoms with Gasteiger partial charge in [-0.1, -0.05) is 31.9 Å². The Hall–Kier alpha value is -0.870. The van der Waals surface area contributed by atoms with Crippen molar-refractivity contribution in [1.82, 2.24) is 0 Å². The van der Waals surface area contributed by atoms with Gasteiger partial charge in [0.1, 0.15) is 0 Å². The second-order valence-electron chi connectivity index (χ2n) is 3.72. The molecule has 1 aromatic rings. The first-order valence-electron chi connectivity index (χ1n) is 5.49. The molecule has 3 nitrogen and oxygen atoms in total. The predicted octanol–water partition coefficient (Wildman–Crippen LogP) is 2.75. The average molecular weight is 242 g/mol. The summed E-state index contributed by atoms with van der Waals surface area (Å²) in [5, 5.41) is 0. The summed E-state index contributed by atoms with van der Waals surface area (Å²) in [6, 6.07) is 6.89.